The number of nitrogens with zero attached hydrogens (tertiary/aromatic N) is 1. The van der Waals surface area contributed by atoms with Gasteiger partial charge in [0, 0.05) is 22.0 Å². The first-order valence-corrected chi connectivity index (χ1v) is 7.58. The summed E-state index contributed by atoms with van der Waals surface area (Å²) in [5.74, 6) is 0. The molecule has 0 fully saturated rings. The average Bonchev–Trinajstić information content (AvgIpc) is 2.47. The van der Waals surface area contributed by atoms with Gasteiger partial charge in [-0.15, -0.1) is 11.8 Å². The topological polar surface area (TPSA) is 12.9 Å². The Balaban J connectivity index is 2.38. The number of hydrogen-bond acceptors (Lipinski definition) is 2. The normalized spacial score (nSPS) is 10.8. The van der Waals surface area contributed by atoms with Crippen molar-refractivity contribution >= 4 is 34.3 Å². The number of para-hydroxylation sites is 1. The summed E-state index contributed by atoms with van der Waals surface area (Å²) in [4.78, 5) is 5.61. The van der Waals surface area contributed by atoms with Gasteiger partial charge in [-0.25, -0.2) is 0 Å². The minimum absolute atomic E-state index is 0.695. The third-order valence-corrected chi connectivity index (χ3v) is 4.19. The highest BCUT2D eigenvalue weighted by Gasteiger charge is 2.12. The first-order valence-electron chi connectivity index (χ1n) is 5.98. The molecule has 0 N–H and O–H groups in total. The number of fused-ring (bicyclic) bond motifs is 1. The van der Waals surface area contributed by atoms with Gasteiger partial charge in [-0.05, 0) is 24.0 Å². The standard InChI is InChI=1S/C16H12ClNS/c1-19-15-9-5-3-7-12(15)16-11-6-2-4-8-14(11)18-10-13(16)17/h2-10H,1H3. The summed E-state index contributed by atoms with van der Waals surface area (Å²) < 4.78 is 0. The summed E-state index contributed by atoms with van der Waals surface area (Å²) in [5.41, 5.74) is 3.20. The van der Waals surface area contributed by atoms with Crippen molar-refractivity contribution in [1.29, 1.82) is 0 Å². The molecule has 0 atom stereocenters. The fraction of sp³-hybridized carbons (Fsp3) is 0.0625. The maximum absolute atomic E-state index is 6.39. The molecule has 0 saturated carbocycles. The van der Waals surface area contributed by atoms with Crippen LogP contribution in [-0.2, 0) is 0 Å². The molecule has 0 amide bonds. The van der Waals surface area contributed by atoms with Gasteiger partial charge in [-0.1, -0.05) is 48.0 Å². The summed E-state index contributed by atoms with van der Waals surface area (Å²) in [5, 5.41) is 1.79. The summed E-state index contributed by atoms with van der Waals surface area (Å²) in [6.07, 6.45) is 3.81. The molecule has 1 heterocycles. The van der Waals surface area contributed by atoms with E-state index in [1.165, 1.54) is 10.5 Å². The molecule has 1 aromatic heterocycles. The lowest BCUT2D eigenvalue weighted by Gasteiger charge is -2.12. The van der Waals surface area contributed by atoms with Gasteiger partial charge in [0.15, 0.2) is 0 Å². The Morgan fingerprint density at radius 1 is 1.00 bits per heavy atom. The molecule has 0 saturated heterocycles. The predicted molar refractivity (Wildman–Crippen MR) is 84.0 cm³/mol. The third kappa shape index (κ3) is 2.22. The van der Waals surface area contributed by atoms with Gasteiger partial charge in [0.25, 0.3) is 0 Å². The Bertz CT molecular complexity index is 740. The average molecular weight is 286 g/mol. The van der Waals surface area contributed by atoms with Crippen LogP contribution < -0.4 is 0 Å². The molecule has 0 radical (unpaired) electrons. The maximum atomic E-state index is 6.39. The summed E-state index contributed by atoms with van der Waals surface area (Å²) >= 11 is 8.12. The van der Waals surface area contributed by atoms with Crippen molar-refractivity contribution in [2.45, 2.75) is 4.90 Å². The van der Waals surface area contributed by atoms with Crippen LogP contribution in [-0.4, -0.2) is 11.2 Å². The molecule has 3 heteroatoms. The highest BCUT2D eigenvalue weighted by molar-refractivity contribution is 7.98. The molecule has 0 aliphatic rings. The Morgan fingerprint density at radius 3 is 2.58 bits per heavy atom. The number of thioether (sulfide) groups is 1. The van der Waals surface area contributed by atoms with Gasteiger partial charge in [0.1, 0.15) is 0 Å². The van der Waals surface area contributed by atoms with Crippen LogP contribution in [0, 0.1) is 0 Å². The molecule has 0 unspecified atom stereocenters. The van der Waals surface area contributed by atoms with E-state index in [4.69, 9.17) is 11.6 Å². The maximum Gasteiger partial charge on any atom is 0.0709 e. The van der Waals surface area contributed by atoms with E-state index in [0.717, 1.165) is 16.5 Å². The van der Waals surface area contributed by atoms with Crippen LogP contribution in [0.25, 0.3) is 22.0 Å². The lowest BCUT2D eigenvalue weighted by atomic mass is 10.0. The number of rotatable bonds is 2. The van der Waals surface area contributed by atoms with E-state index in [1.54, 1.807) is 18.0 Å². The zero-order chi connectivity index (χ0) is 13.2. The third-order valence-electron chi connectivity index (χ3n) is 3.11. The summed E-state index contributed by atoms with van der Waals surface area (Å²) in [6.45, 7) is 0. The van der Waals surface area contributed by atoms with E-state index in [0.29, 0.717) is 5.02 Å². The van der Waals surface area contributed by atoms with E-state index in [1.807, 2.05) is 30.3 Å². The Labute approximate surface area is 121 Å². The van der Waals surface area contributed by atoms with Gasteiger partial charge < -0.3 is 0 Å². The lowest BCUT2D eigenvalue weighted by Crippen LogP contribution is -1.88. The molecule has 0 bridgehead atoms. The van der Waals surface area contributed by atoms with E-state index in [2.05, 4.69) is 29.4 Å². The second-order valence-corrected chi connectivity index (χ2v) is 5.45. The van der Waals surface area contributed by atoms with Crippen molar-refractivity contribution in [2.24, 2.45) is 0 Å². The number of aromatic nitrogens is 1. The molecule has 3 aromatic rings. The van der Waals surface area contributed by atoms with Crippen LogP contribution in [0.5, 0.6) is 0 Å². The molecule has 0 aliphatic heterocycles. The van der Waals surface area contributed by atoms with Crippen molar-refractivity contribution in [3.8, 4) is 11.1 Å². The summed E-state index contributed by atoms with van der Waals surface area (Å²) in [6, 6.07) is 16.4. The van der Waals surface area contributed by atoms with Gasteiger partial charge >= 0.3 is 0 Å². The smallest absolute Gasteiger partial charge is 0.0709 e. The fourth-order valence-corrected chi connectivity index (χ4v) is 3.10. The molecule has 94 valence electrons. The minimum Gasteiger partial charge on any atom is -0.255 e. The van der Waals surface area contributed by atoms with Gasteiger partial charge in [-0.3, -0.25) is 4.98 Å². The SMILES string of the molecule is CSc1ccccc1-c1c(Cl)cnc2ccccc12. The van der Waals surface area contributed by atoms with Gasteiger partial charge in [0.2, 0.25) is 0 Å². The van der Waals surface area contributed by atoms with E-state index >= 15 is 0 Å². The first kappa shape index (κ1) is 12.5. The Kier molecular flexibility index (Phi) is 3.45. The fourth-order valence-electron chi connectivity index (χ4n) is 2.24. The van der Waals surface area contributed by atoms with Crippen molar-refractivity contribution in [2.75, 3.05) is 6.26 Å². The van der Waals surface area contributed by atoms with Crippen molar-refractivity contribution in [3.05, 3.63) is 59.8 Å². The quantitative estimate of drug-likeness (QED) is 0.594. The second-order valence-electron chi connectivity index (χ2n) is 4.20. The van der Waals surface area contributed by atoms with Crippen LogP contribution in [0.2, 0.25) is 5.02 Å². The van der Waals surface area contributed by atoms with Crippen molar-refractivity contribution in [3.63, 3.8) is 0 Å². The lowest BCUT2D eigenvalue weighted by molar-refractivity contribution is 1.39. The van der Waals surface area contributed by atoms with Crippen LogP contribution in [0.1, 0.15) is 0 Å². The highest BCUT2D eigenvalue weighted by Crippen LogP contribution is 2.38. The number of halogens is 1. The number of pyridine rings is 1. The second kappa shape index (κ2) is 5.24. The van der Waals surface area contributed by atoms with Gasteiger partial charge in [-0.2, -0.15) is 0 Å². The Morgan fingerprint density at radius 2 is 1.74 bits per heavy atom. The van der Waals surface area contributed by atoms with Crippen molar-refractivity contribution in [1.82, 2.24) is 4.98 Å². The van der Waals surface area contributed by atoms with Gasteiger partial charge in [0.05, 0.1) is 10.5 Å². The van der Waals surface area contributed by atoms with E-state index in [9.17, 15) is 0 Å². The highest BCUT2D eigenvalue weighted by atomic mass is 35.5. The summed E-state index contributed by atoms with van der Waals surface area (Å²) in [7, 11) is 0. The van der Waals surface area contributed by atoms with Crippen LogP contribution in [0.4, 0.5) is 0 Å². The molecule has 19 heavy (non-hydrogen) atoms. The molecule has 1 nitrogen and oxygen atoms in total. The molecule has 3 rings (SSSR count). The van der Waals surface area contributed by atoms with Crippen LogP contribution in [0.3, 0.4) is 0 Å². The predicted octanol–water partition coefficient (Wildman–Crippen LogP) is 5.28. The van der Waals surface area contributed by atoms with Crippen molar-refractivity contribution < 1.29 is 0 Å². The zero-order valence-corrected chi connectivity index (χ0v) is 12.0. The van der Waals surface area contributed by atoms with E-state index in [-0.39, 0.29) is 0 Å². The molecule has 2 aromatic carbocycles. The largest absolute Gasteiger partial charge is 0.255 e. The molecular formula is C16H12ClNS. The number of benzene rings is 2. The van der Waals surface area contributed by atoms with Crippen LogP contribution in [0.15, 0.2) is 59.6 Å². The van der Waals surface area contributed by atoms with E-state index < -0.39 is 0 Å². The molecule has 0 spiro atoms. The van der Waals surface area contributed by atoms with Crippen LogP contribution >= 0.6 is 23.4 Å². The first-order chi connectivity index (χ1) is 9.31. The minimum atomic E-state index is 0.695. The number of hydrogen-bond donors (Lipinski definition) is 0. The monoisotopic (exact) mass is 285 g/mol. The molecule has 0 aliphatic carbocycles. The Hall–Kier alpha value is -1.51. The zero-order valence-electron chi connectivity index (χ0n) is 10.4. The molecular weight excluding hydrogens is 274 g/mol.